The van der Waals surface area contributed by atoms with Gasteiger partial charge in [0.15, 0.2) is 10.9 Å². The molecule has 3 rings (SSSR count). The Kier molecular flexibility index (Phi) is 5.19. The maximum absolute atomic E-state index is 12.7. The summed E-state index contributed by atoms with van der Waals surface area (Å²) in [5, 5.41) is 4.66. The second-order valence-corrected chi connectivity index (χ2v) is 6.34. The van der Waals surface area contributed by atoms with Crippen molar-refractivity contribution in [2.75, 3.05) is 5.32 Å². The molecule has 0 bridgehead atoms. The second-order valence-electron chi connectivity index (χ2n) is 5.48. The van der Waals surface area contributed by atoms with Gasteiger partial charge in [-0.1, -0.05) is 48.5 Å². The van der Waals surface area contributed by atoms with Crippen LogP contribution in [0.25, 0.3) is 0 Å². The van der Waals surface area contributed by atoms with Gasteiger partial charge in [-0.3, -0.25) is 19.7 Å². The van der Waals surface area contributed by atoms with Crippen LogP contribution in [0.4, 0.5) is 5.13 Å². The number of thiazole rings is 1. The van der Waals surface area contributed by atoms with Crippen LogP contribution < -0.4 is 11.1 Å². The van der Waals surface area contributed by atoms with Gasteiger partial charge in [0.1, 0.15) is 0 Å². The molecule has 3 N–H and O–H groups in total. The Labute approximate surface area is 153 Å². The molecule has 0 radical (unpaired) electrons. The van der Waals surface area contributed by atoms with Crippen LogP contribution in [0.15, 0.2) is 60.0 Å². The highest BCUT2D eigenvalue weighted by Gasteiger charge is 2.19. The lowest BCUT2D eigenvalue weighted by Crippen LogP contribution is -2.17. The number of nitrogens with zero attached hydrogens (tertiary/aromatic N) is 1. The Morgan fingerprint density at radius 1 is 0.962 bits per heavy atom. The fourth-order valence-corrected chi connectivity index (χ4v) is 3.12. The molecule has 0 aliphatic carbocycles. The van der Waals surface area contributed by atoms with Crippen LogP contribution >= 0.6 is 11.3 Å². The van der Waals surface area contributed by atoms with E-state index in [1.165, 1.54) is 11.3 Å². The third kappa shape index (κ3) is 4.01. The van der Waals surface area contributed by atoms with Crippen LogP contribution in [0.3, 0.4) is 0 Å². The molecule has 0 unspecified atom stereocenters. The van der Waals surface area contributed by atoms with Crippen molar-refractivity contribution in [3.05, 3.63) is 82.4 Å². The summed E-state index contributed by atoms with van der Waals surface area (Å²) in [5.41, 5.74) is 6.70. The molecule has 2 amide bonds. The van der Waals surface area contributed by atoms with Gasteiger partial charge in [-0.15, -0.1) is 11.3 Å². The normalized spacial score (nSPS) is 10.3. The maximum Gasteiger partial charge on any atom is 0.258 e. The molecule has 26 heavy (non-hydrogen) atoms. The summed E-state index contributed by atoms with van der Waals surface area (Å²) in [6, 6.07) is 15.4. The zero-order valence-electron chi connectivity index (χ0n) is 13.6. The van der Waals surface area contributed by atoms with Crippen molar-refractivity contribution in [3.63, 3.8) is 0 Å². The highest BCUT2D eigenvalue weighted by atomic mass is 32.1. The van der Waals surface area contributed by atoms with Crippen molar-refractivity contribution < 1.29 is 14.4 Å². The predicted octanol–water partition coefficient (Wildman–Crippen LogP) is 2.65. The lowest BCUT2D eigenvalue weighted by atomic mass is 9.98. The lowest BCUT2D eigenvalue weighted by Gasteiger charge is -2.08. The number of carbonyl (C=O) groups excluding carboxylic acids is 3. The molecule has 3 aromatic rings. The number of aromatic nitrogens is 1. The number of carbonyl (C=O) groups is 3. The number of hydrogen-bond donors (Lipinski definition) is 2. The van der Waals surface area contributed by atoms with Crippen LogP contribution in [-0.2, 0) is 11.2 Å². The summed E-state index contributed by atoms with van der Waals surface area (Å²) in [6.45, 7) is 0. The van der Waals surface area contributed by atoms with Crippen LogP contribution in [-0.4, -0.2) is 22.6 Å². The number of ketones is 1. The van der Waals surface area contributed by atoms with E-state index >= 15 is 0 Å². The standard InChI is InChI=1S/C19H15N3O3S/c20-16(23)10-13-11-26-19(21-13)22-18(25)15-9-5-4-8-14(15)17(24)12-6-2-1-3-7-12/h1-9,11H,10H2,(H2,20,23)(H,21,22,25). The van der Waals surface area contributed by atoms with Gasteiger partial charge in [0, 0.05) is 16.5 Å². The molecular weight excluding hydrogens is 350 g/mol. The van der Waals surface area contributed by atoms with E-state index in [0.29, 0.717) is 22.0 Å². The number of amides is 2. The molecule has 0 spiro atoms. The lowest BCUT2D eigenvalue weighted by molar-refractivity contribution is -0.117. The topological polar surface area (TPSA) is 102 Å². The Bertz CT molecular complexity index is 967. The van der Waals surface area contributed by atoms with Gasteiger partial charge in [-0.05, 0) is 6.07 Å². The van der Waals surface area contributed by atoms with Gasteiger partial charge in [-0.25, -0.2) is 4.98 Å². The fraction of sp³-hybridized carbons (Fsp3) is 0.0526. The van der Waals surface area contributed by atoms with Gasteiger partial charge in [0.25, 0.3) is 5.91 Å². The van der Waals surface area contributed by atoms with Crippen molar-refractivity contribution in [1.29, 1.82) is 0 Å². The molecule has 2 aromatic carbocycles. The highest BCUT2D eigenvalue weighted by Crippen LogP contribution is 2.19. The Hall–Kier alpha value is -3.32. The van der Waals surface area contributed by atoms with Gasteiger partial charge >= 0.3 is 0 Å². The van der Waals surface area contributed by atoms with Crippen molar-refractivity contribution in [2.45, 2.75) is 6.42 Å². The smallest absolute Gasteiger partial charge is 0.258 e. The predicted molar refractivity (Wildman–Crippen MR) is 99.3 cm³/mol. The van der Waals surface area contributed by atoms with E-state index in [-0.39, 0.29) is 17.8 Å². The Balaban J connectivity index is 1.83. The summed E-state index contributed by atoms with van der Waals surface area (Å²) in [7, 11) is 0. The minimum absolute atomic E-state index is 0.00938. The van der Waals surface area contributed by atoms with E-state index in [2.05, 4.69) is 10.3 Å². The number of hydrogen-bond acceptors (Lipinski definition) is 5. The molecule has 1 heterocycles. The van der Waals surface area contributed by atoms with E-state index < -0.39 is 11.8 Å². The molecule has 6 nitrogen and oxygen atoms in total. The molecule has 1 aromatic heterocycles. The molecule has 0 aliphatic rings. The minimum atomic E-state index is -0.494. The maximum atomic E-state index is 12.7. The molecule has 0 saturated heterocycles. The first kappa shape index (κ1) is 17.5. The number of anilines is 1. The van der Waals surface area contributed by atoms with Crippen LogP contribution in [0.1, 0.15) is 32.0 Å². The van der Waals surface area contributed by atoms with Gasteiger partial charge in [-0.2, -0.15) is 0 Å². The summed E-state index contributed by atoms with van der Waals surface area (Å²) in [6.07, 6.45) is 0.00938. The van der Waals surface area contributed by atoms with Crippen LogP contribution in [0, 0.1) is 0 Å². The van der Waals surface area contributed by atoms with Crippen molar-refractivity contribution in [2.24, 2.45) is 5.73 Å². The van der Waals surface area contributed by atoms with E-state index in [1.807, 2.05) is 6.07 Å². The second kappa shape index (κ2) is 7.71. The van der Waals surface area contributed by atoms with Crippen LogP contribution in [0.2, 0.25) is 0 Å². The quantitative estimate of drug-likeness (QED) is 0.656. The number of nitrogens with two attached hydrogens (primary N) is 1. The first-order valence-electron chi connectivity index (χ1n) is 7.77. The summed E-state index contributed by atoms with van der Waals surface area (Å²) < 4.78 is 0. The third-order valence-electron chi connectivity index (χ3n) is 3.58. The molecule has 130 valence electrons. The summed E-state index contributed by atoms with van der Waals surface area (Å²) >= 11 is 1.19. The van der Waals surface area contributed by atoms with Gasteiger partial charge in [0.05, 0.1) is 17.7 Å². The zero-order valence-corrected chi connectivity index (χ0v) is 14.5. The van der Waals surface area contributed by atoms with E-state index in [9.17, 15) is 14.4 Å². The van der Waals surface area contributed by atoms with Crippen LogP contribution in [0.5, 0.6) is 0 Å². The van der Waals surface area contributed by atoms with E-state index in [4.69, 9.17) is 5.73 Å². The number of primary amides is 1. The number of benzene rings is 2. The highest BCUT2D eigenvalue weighted by molar-refractivity contribution is 7.14. The first-order chi connectivity index (χ1) is 12.5. The van der Waals surface area contributed by atoms with Crippen molar-refractivity contribution >= 4 is 34.1 Å². The van der Waals surface area contributed by atoms with E-state index in [1.54, 1.807) is 53.9 Å². The number of rotatable bonds is 6. The molecule has 0 aliphatic heterocycles. The average molecular weight is 365 g/mol. The largest absolute Gasteiger partial charge is 0.369 e. The molecular formula is C19H15N3O3S. The Morgan fingerprint density at radius 2 is 1.62 bits per heavy atom. The minimum Gasteiger partial charge on any atom is -0.369 e. The SMILES string of the molecule is NC(=O)Cc1csc(NC(=O)c2ccccc2C(=O)c2ccccc2)n1. The molecule has 0 fully saturated rings. The van der Waals surface area contributed by atoms with Gasteiger partial charge in [0.2, 0.25) is 5.91 Å². The molecule has 0 atom stereocenters. The number of nitrogens with one attached hydrogen (secondary N) is 1. The summed E-state index contributed by atoms with van der Waals surface area (Å²) in [5.74, 6) is -1.17. The average Bonchev–Trinajstić information content (AvgIpc) is 3.07. The zero-order chi connectivity index (χ0) is 18.5. The molecule has 0 saturated carbocycles. The first-order valence-corrected chi connectivity index (χ1v) is 8.65. The third-order valence-corrected chi connectivity index (χ3v) is 4.39. The molecule has 7 heteroatoms. The monoisotopic (exact) mass is 365 g/mol. The van der Waals surface area contributed by atoms with Crippen molar-refractivity contribution in [1.82, 2.24) is 4.98 Å². The Morgan fingerprint density at radius 3 is 2.31 bits per heavy atom. The van der Waals surface area contributed by atoms with E-state index in [0.717, 1.165) is 0 Å². The van der Waals surface area contributed by atoms with Gasteiger partial charge < -0.3 is 5.73 Å². The fourth-order valence-electron chi connectivity index (χ4n) is 2.41. The summed E-state index contributed by atoms with van der Waals surface area (Å²) in [4.78, 5) is 40.4. The van der Waals surface area contributed by atoms with Crippen molar-refractivity contribution in [3.8, 4) is 0 Å².